The van der Waals surface area contributed by atoms with E-state index in [1.807, 2.05) is 13.8 Å². The number of carbonyl (C=O) groups is 5. The first-order valence-electron chi connectivity index (χ1n) is 11.3. The van der Waals surface area contributed by atoms with Crippen LogP contribution in [-0.2, 0) is 23.9 Å². The molecule has 11 nitrogen and oxygen atoms in total. The summed E-state index contributed by atoms with van der Waals surface area (Å²) in [7, 11) is 0. The van der Waals surface area contributed by atoms with Crippen LogP contribution in [0.1, 0.15) is 66.7 Å². The van der Waals surface area contributed by atoms with Gasteiger partial charge in [0.15, 0.2) is 0 Å². The molecule has 4 amide bonds. The summed E-state index contributed by atoms with van der Waals surface area (Å²) in [5.74, 6) is -3.16. The highest BCUT2D eigenvalue weighted by Gasteiger charge is 2.31. The summed E-state index contributed by atoms with van der Waals surface area (Å²) in [5.41, 5.74) is 4.37. The van der Waals surface area contributed by atoms with Crippen LogP contribution in [0.2, 0.25) is 0 Å². The van der Waals surface area contributed by atoms with Gasteiger partial charge >= 0.3 is 12.1 Å². The summed E-state index contributed by atoms with van der Waals surface area (Å²) in [5, 5.41) is 17.0. The topological polar surface area (TPSA) is 177 Å². The number of nitrogens with one attached hydrogen (secondary N) is 3. The van der Waals surface area contributed by atoms with Gasteiger partial charge in [-0.1, -0.05) is 13.8 Å². The third kappa shape index (κ3) is 10.5. The number of carbonyl (C=O) groups excluding carboxylic acids is 4. The average molecular weight is 471 g/mol. The Morgan fingerprint density at radius 1 is 1.03 bits per heavy atom. The molecule has 1 saturated carbocycles. The molecule has 1 aliphatic rings. The molecule has 0 bridgehead atoms. The number of hydrogen-bond acceptors (Lipinski definition) is 6. The minimum absolute atomic E-state index is 0.139. The van der Waals surface area contributed by atoms with E-state index < -0.39 is 48.0 Å². The van der Waals surface area contributed by atoms with E-state index in [1.54, 1.807) is 20.8 Å². The molecular formula is C22H38N4O7. The minimum atomic E-state index is -1.34. The van der Waals surface area contributed by atoms with Gasteiger partial charge in [0.05, 0.1) is 6.42 Å². The largest absolute Gasteiger partial charge is 0.480 e. The fourth-order valence-electron chi connectivity index (χ4n) is 3.64. The van der Waals surface area contributed by atoms with E-state index in [9.17, 15) is 24.0 Å². The Morgan fingerprint density at radius 3 is 2.06 bits per heavy atom. The van der Waals surface area contributed by atoms with Crippen molar-refractivity contribution >= 4 is 29.8 Å². The summed E-state index contributed by atoms with van der Waals surface area (Å²) in [6.07, 6.45) is 1.32. The molecule has 0 radical (unpaired) electrons. The van der Waals surface area contributed by atoms with Crippen LogP contribution in [0.3, 0.4) is 0 Å². The number of carboxylic acid groups (broad SMARTS) is 1. The second-order valence-electron chi connectivity index (χ2n) is 9.90. The van der Waals surface area contributed by atoms with Gasteiger partial charge in [-0.05, 0) is 58.3 Å². The highest BCUT2D eigenvalue weighted by atomic mass is 16.6. The van der Waals surface area contributed by atoms with Crippen molar-refractivity contribution in [2.75, 3.05) is 6.54 Å². The predicted octanol–water partition coefficient (Wildman–Crippen LogP) is 0.903. The Hall–Kier alpha value is -2.85. The van der Waals surface area contributed by atoms with Crippen LogP contribution in [-0.4, -0.2) is 59.1 Å². The number of aliphatic carboxylic acids is 1. The Labute approximate surface area is 194 Å². The SMILES string of the molecule is CC(C)C(NC(=O)OC(C)(C)C)C(=O)NCC1CCC(C(=O)NC(CC(N)=O)C(=O)O)CC1. The Kier molecular flexibility index (Phi) is 10.6. The first-order valence-corrected chi connectivity index (χ1v) is 11.3. The van der Waals surface area contributed by atoms with Crippen molar-refractivity contribution in [3.8, 4) is 0 Å². The van der Waals surface area contributed by atoms with Crippen molar-refractivity contribution in [2.24, 2.45) is 23.5 Å². The zero-order chi connectivity index (χ0) is 25.3. The second-order valence-corrected chi connectivity index (χ2v) is 9.90. The third-order valence-electron chi connectivity index (χ3n) is 5.42. The molecule has 1 aliphatic carbocycles. The van der Waals surface area contributed by atoms with E-state index in [0.717, 1.165) is 0 Å². The quantitative estimate of drug-likeness (QED) is 0.315. The number of carboxylic acids is 1. The standard InChI is InChI=1S/C22H38N4O7/c1-12(2)17(26-21(32)33-22(3,4)5)19(29)24-11-13-6-8-14(9-7-13)18(28)25-15(20(30)31)10-16(23)27/h12-15,17H,6-11H2,1-5H3,(H2,23,27)(H,24,29)(H,25,28)(H,26,32)(H,30,31). The van der Waals surface area contributed by atoms with Gasteiger partial charge in [0, 0.05) is 12.5 Å². The Morgan fingerprint density at radius 2 is 1.61 bits per heavy atom. The molecule has 0 aromatic heterocycles. The molecule has 1 rings (SSSR count). The number of nitrogens with two attached hydrogens (primary N) is 1. The van der Waals surface area contributed by atoms with Gasteiger partial charge in [-0.2, -0.15) is 0 Å². The summed E-state index contributed by atoms with van der Waals surface area (Å²) < 4.78 is 5.23. The van der Waals surface area contributed by atoms with Gasteiger partial charge in [-0.15, -0.1) is 0 Å². The molecule has 1 fully saturated rings. The molecule has 6 N–H and O–H groups in total. The fourth-order valence-corrected chi connectivity index (χ4v) is 3.64. The lowest BCUT2D eigenvalue weighted by Gasteiger charge is -2.30. The van der Waals surface area contributed by atoms with E-state index in [0.29, 0.717) is 32.2 Å². The highest BCUT2D eigenvalue weighted by molar-refractivity contribution is 5.89. The molecule has 0 saturated heterocycles. The van der Waals surface area contributed by atoms with Crippen LogP contribution in [0.5, 0.6) is 0 Å². The van der Waals surface area contributed by atoms with Crippen LogP contribution in [0.15, 0.2) is 0 Å². The molecular weight excluding hydrogens is 432 g/mol. The zero-order valence-corrected chi connectivity index (χ0v) is 20.1. The summed E-state index contributed by atoms with van der Waals surface area (Å²) in [4.78, 5) is 59.3. The number of ether oxygens (including phenoxy) is 1. The van der Waals surface area contributed by atoms with Crippen molar-refractivity contribution in [3.63, 3.8) is 0 Å². The molecule has 33 heavy (non-hydrogen) atoms. The molecule has 11 heteroatoms. The molecule has 0 aromatic carbocycles. The van der Waals surface area contributed by atoms with Gasteiger partial charge < -0.3 is 31.5 Å². The lowest BCUT2D eigenvalue weighted by Crippen LogP contribution is -2.51. The number of primary amides is 1. The number of hydrogen-bond donors (Lipinski definition) is 5. The number of alkyl carbamates (subject to hydrolysis) is 1. The normalized spacial score (nSPS) is 20.3. The van der Waals surface area contributed by atoms with E-state index in [-0.39, 0.29) is 23.7 Å². The average Bonchev–Trinajstić information content (AvgIpc) is 2.68. The van der Waals surface area contributed by atoms with Crippen molar-refractivity contribution in [2.45, 2.75) is 84.4 Å². The highest BCUT2D eigenvalue weighted by Crippen LogP contribution is 2.28. The molecule has 188 valence electrons. The molecule has 2 atom stereocenters. The van der Waals surface area contributed by atoms with Crippen molar-refractivity contribution in [3.05, 3.63) is 0 Å². The zero-order valence-electron chi connectivity index (χ0n) is 20.1. The van der Waals surface area contributed by atoms with Gasteiger partial charge in [-0.3, -0.25) is 14.4 Å². The van der Waals surface area contributed by atoms with E-state index in [2.05, 4.69) is 16.0 Å². The fraction of sp³-hybridized carbons (Fsp3) is 0.773. The predicted molar refractivity (Wildman–Crippen MR) is 120 cm³/mol. The summed E-state index contributed by atoms with van der Waals surface area (Å²) in [6.45, 7) is 9.29. The lowest BCUT2D eigenvalue weighted by atomic mass is 9.81. The monoisotopic (exact) mass is 470 g/mol. The maximum absolute atomic E-state index is 12.6. The molecule has 0 aliphatic heterocycles. The Balaban J connectivity index is 2.50. The Bertz CT molecular complexity index is 725. The minimum Gasteiger partial charge on any atom is -0.480 e. The second kappa shape index (κ2) is 12.4. The molecule has 0 aromatic rings. The molecule has 0 spiro atoms. The van der Waals surface area contributed by atoms with Crippen LogP contribution in [0, 0.1) is 17.8 Å². The number of rotatable bonds is 10. The van der Waals surface area contributed by atoms with Gasteiger partial charge in [-0.25, -0.2) is 9.59 Å². The lowest BCUT2D eigenvalue weighted by molar-refractivity contribution is -0.144. The first-order chi connectivity index (χ1) is 15.2. The van der Waals surface area contributed by atoms with Crippen LogP contribution >= 0.6 is 0 Å². The first kappa shape index (κ1) is 28.2. The van der Waals surface area contributed by atoms with Gasteiger partial charge in [0.2, 0.25) is 17.7 Å². The molecule has 0 heterocycles. The van der Waals surface area contributed by atoms with Gasteiger partial charge in [0.1, 0.15) is 17.7 Å². The van der Waals surface area contributed by atoms with E-state index in [4.69, 9.17) is 15.6 Å². The van der Waals surface area contributed by atoms with Gasteiger partial charge in [0.25, 0.3) is 0 Å². The van der Waals surface area contributed by atoms with E-state index >= 15 is 0 Å². The third-order valence-corrected chi connectivity index (χ3v) is 5.42. The molecule has 2 unspecified atom stereocenters. The maximum atomic E-state index is 12.6. The van der Waals surface area contributed by atoms with Crippen molar-refractivity contribution < 1.29 is 33.8 Å². The maximum Gasteiger partial charge on any atom is 0.408 e. The van der Waals surface area contributed by atoms with Crippen LogP contribution in [0.4, 0.5) is 4.79 Å². The smallest absolute Gasteiger partial charge is 0.408 e. The summed E-state index contributed by atoms with van der Waals surface area (Å²) in [6, 6.07) is -2.07. The van der Waals surface area contributed by atoms with E-state index in [1.165, 1.54) is 0 Å². The van der Waals surface area contributed by atoms with Crippen molar-refractivity contribution in [1.82, 2.24) is 16.0 Å². The van der Waals surface area contributed by atoms with Crippen molar-refractivity contribution in [1.29, 1.82) is 0 Å². The summed E-state index contributed by atoms with van der Waals surface area (Å²) >= 11 is 0. The van der Waals surface area contributed by atoms with Crippen LogP contribution in [0.25, 0.3) is 0 Å². The van der Waals surface area contributed by atoms with Crippen LogP contribution < -0.4 is 21.7 Å². The number of amides is 4.